The Bertz CT molecular complexity index is 648. The van der Waals surface area contributed by atoms with E-state index in [2.05, 4.69) is 0 Å². The molecule has 0 N–H and O–H groups in total. The Kier molecular flexibility index (Phi) is 2.35. The van der Waals surface area contributed by atoms with Crippen molar-refractivity contribution in [3.8, 4) is 24.3 Å². The standard InChI is InChI=1S/C14H8N4/c15-5-9(6-16)11-1-2-12(10(7-17)8-18)14-4-3-13(11)14/h3-4,13-14H,1-2H2/i3D,4D. The third kappa shape index (κ3) is 1.58. The molecule has 0 aromatic rings. The Hall–Kier alpha value is -2.82. The number of hydrogen-bond donors (Lipinski definition) is 0. The summed E-state index contributed by atoms with van der Waals surface area (Å²) >= 11 is 0. The fraction of sp³-hybridized carbons (Fsp3) is 0.286. The Labute approximate surface area is 108 Å². The van der Waals surface area contributed by atoms with Gasteiger partial charge < -0.3 is 0 Å². The molecular formula is C14H8N4. The van der Waals surface area contributed by atoms with Crippen molar-refractivity contribution in [3.63, 3.8) is 0 Å². The SMILES string of the molecule is [2H]C1=C([2H])C2C(=C(C#N)C#N)CCC(=C(C#N)C#N)C12. The second-order valence-electron chi connectivity index (χ2n) is 3.99. The number of rotatable bonds is 0. The molecule has 0 radical (unpaired) electrons. The maximum absolute atomic E-state index is 8.95. The van der Waals surface area contributed by atoms with Crippen LogP contribution in [0.15, 0.2) is 34.4 Å². The van der Waals surface area contributed by atoms with Crippen LogP contribution < -0.4 is 0 Å². The molecule has 2 atom stereocenters. The van der Waals surface area contributed by atoms with E-state index in [1.165, 1.54) is 0 Å². The van der Waals surface area contributed by atoms with Gasteiger partial charge in [-0.2, -0.15) is 21.0 Å². The van der Waals surface area contributed by atoms with Crippen molar-refractivity contribution in [2.75, 3.05) is 0 Å². The second kappa shape index (κ2) is 4.58. The lowest BCUT2D eigenvalue weighted by atomic mass is 9.64. The normalized spacial score (nSPS) is 26.2. The van der Waals surface area contributed by atoms with Gasteiger partial charge in [0, 0.05) is 11.8 Å². The molecule has 84 valence electrons. The molecule has 0 aromatic carbocycles. The summed E-state index contributed by atoms with van der Waals surface area (Å²) in [5.74, 6) is -1.01. The van der Waals surface area contributed by atoms with E-state index in [1.54, 1.807) is 0 Å². The van der Waals surface area contributed by atoms with Crippen LogP contribution in [-0.2, 0) is 0 Å². The van der Waals surface area contributed by atoms with Crippen molar-refractivity contribution in [2.45, 2.75) is 12.8 Å². The molecule has 0 aromatic heterocycles. The van der Waals surface area contributed by atoms with Crippen LogP contribution in [0.2, 0.25) is 0 Å². The van der Waals surface area contributed by atoms with Crippen molar-refractivity contribution >= 4 is 0 Å². The number of hydrogen-bond acceptors (Lipinski definition) is 4. The molecule has 2 rings (SSSR count). The number of nitriles is 4. The molecule has 2 aliphatic rings. The molecule has 2 aliphatic carbocycles. The highest BCUT2D eigenvalue weighted by Gasteiger charge is 2.37. The lowest BCUT2D eigenvalue weighted by Crippen LogP contribution is -2.28. The minimum Gasteiger partial charge on any atom is -0.192 e. The number of nitrogens with zero attached hydrogens (tertiary/aromatic N) is 4. The van der Waals surface area contributed by atoms with Crippen molar-refractivity contribution in [1.82, 2.24) is 0 Å². The third-order valence-corrected chi connectivity index (χ3v) is 3.23. The maximum Gasteiger partial charge on any atom is 0.129 e. The van der Waals surface area contributed by atoms with E-state index in [1.807, 2.05) is 24.3 Å². The van der Waals surface area contributed by atoms with Gasteiger partial charge in [0.05, 0.1) is 2.74 Å². The molecule has 2 unspecified atom stereocenters. The Morgan fingerprint density at radius 2 is 1.22 bits per heavy atom. The highest BCUT2D eigenvalue weighted by molar-refractivity contribution is 5.52. The van der Waals surface area contributed by atoms with Gasteiger partial charge in [0.15, 0.2) is 0 Å². The van der Waals surface area contributed by atoms with Crippen LogP contribution >= 0.6 is 0 Å². The van der Waals surface area contributed by atoms with E-state index in [9.17, 15) is 0 Å². The zero-order chi connectivity index (χ0) is 14.9. The largest absolute Gasteiger partial charge is 0.192 e. The minimum atomic E-state index is -0.503. The van der Waals surface area contributed by atoms with Crippen molar-refractivity contribution in [2.24, 2.45) is 11.8 Å². The molecule has 4 nitrogen and oxygen atoms in total. The first-order chi connectivity index (χ1) is 9.60. The van der Waals surface area contributed by atoms with Gasteiger partial charge in [-0.1, -0.05) is 12.1 Å². The molecule has 0 spiro atoms. The molecule has 0 saturated heterocycles. The highest BCUT2D eigenvalue weighted by atomic mass is 14.4. The molecule has 0 aliphatic heterocycles. The second-order valence-corrected chi connectivity index (χ2v) is 3.99. The third-order valence-electron chi connectivity index (χ3n) is 3.23. The molecule has 0 bridgehead atoms. The minimum absolute atomic E-state index is 0.0215. The van der Waals surface area contributed by atoms with Gasteiger partial charge in [0.1, 0.15) is 35.4 Å². The molecule has 18 heavy (non-hydrogen) atoms. The van der Waals surface area contributed by atoms with Crippen molar-refractivity contribution in [3.05, 3.63) is 34.4 Å². The highest BCUT2D eigenvalue weighted by Crippen LogP contribution is 2.47. The van der Waals surface area contributed by atoms with E-state index in [-0.39, 0.29) is 23.3 Å². The molecule has 1 saturated carbocycles. The number of allylic oxidation sites excluding steroid dienone is 6. The average molecular weight is 234 g/mol. The van der Waals surface area contributed by atoms with Crippen LogP contribution in [0.3, 0.4) is 0 Å². The zero-order valence-electron chi connectivity index (χ0n) is 11.4. The molecule has 1 fully saturated rings. The Morgan fingerprint density at radius 3 is 1.50 bits per heavy atom. The predicted molar refractivity (Wildman–Crippen MR) is 61.9 cm³/mol. The fourth-order valence-corrected chi connectivity index (χ4v) is 2.31. The van der Waals surface area contributed by atoms with E-state index < -0.39 is 11.8 Å². The Morgan fingerprint density at radius 1 is 0.889 bits per heavy atom. The topological polar surface area (TPSA) is 95.2 Å². The summed E-state index contributed by atoms with van der Waals surface area (Å²) in [4.78, 5) is 0. The van der Waals surface area contributed by atoms with E-state index >= 15 is 0 Å². The van der Waals surface area contributed by atoms with Gasteiger partial charge in [0.25, 0.3) is 0 Å². The lowest BCUT2D eigenvalue weighted by Gasteiger charge is -2.38. The van der Waals surface area contributed by atoms with E-state index in [0.717, 1.165) is 0 Å². The van der Waals surface area contributed by atoms with Gasteiger partial charge in [-0.3, -0.25) is 0 Å². The van der Waals surface area contributed by atoms with Gasteiger partial charge in [-0.15, -0.1) is 0 Å². The van der Waals surface area contributed by atoms with Gasteiger partial charge in [0.2, 0.25) is 0 Å². The smallest absolute Gasteiger partial charge is 0.129 e. The summed E-state index contributed by atoms with van der Waals surface area (Å²) in [6.45, 7) is 0. The summed E-state index contributed by atoms with van der Waals surface area (Å²) < 4.78 is 15.6. The summed E-state index contributed by atoms with van der Waals surface area (Å²) in [7, 11) is 0. The molecule has 0 amide bonds. The zero-order valence-corrected chi connectivity index (χ0v) is 9.36. The first-order valence-corrected chi connectivity index (χ1v) is 5.34. The van der Waals surface area contributed by atoms with Gasteiger partial charge in [-0.05, 0) is 24.0 Å². The summed E-state index contributed by atoms with van der Waals surface area (Å²) in [5.41, 5.74) is 1.07. The average Bonchev–Trinajstić information content (AvgIpc) is 2.49. The molecule has 4 heteroatoms. The lowest BCUT2D eigenvalue weighted by molar-refractivity contribution is 0.471. The predicted octanol–water partition coefficient (Wildman–Crippen LogP) is 2.27. The van der Waals surface area contributed by atoms with Crippen LogP contribution in [-0.4, -0.2) is 0 Å². The fourth-order valence-electron chi connectivity index (χ4n) is 2.31. The molecule has 0 heterocycles. The van der Waals surface area contributed by atoms with Crippen molar-refractivity contribution < 1.29 is 2.74 Å². The maximum atomic E-state index is 8.95. The van der Waals surface area contributed by atoms with Gasteiger partial charge >= 0.3 is 0 Å². The van der Waals surface area contributed by atoms with Crippen LogP contribution in [0.1, 0.15) is 15.6 Å². The molecular weight excluding hydrogens is 224 g/mol. The van der Waals surface area contributed by atoms with E-state index in [4.69, 9.17) is 23.8 Å². The monoisotopic (exact) mass is 234 g/mol. The first kappa shape index (κ1) is 9.23. The summed E-state index contributed by atoms with van der Waals surface area (Å²) in [6, 6.07) is 7.42. The van der Waals surface area contributed by atoms with Crippen LogP contribution in [0.5, 0.6) is 0 Å². The van der Waals surface area contributed by atoms with Crippen LogP contribution in [0.4, 0.5) is 0 Å². The summed E-state index contributed by atoms with van der Waals surface area (Å²) in [5, 5.41) is 35.8. The summed E-state index contributed by atoms with van der Waals surface area (Å²) in [6.07, 6.45) is 0.741. The first-order valence-electron chi connectivity index (χ1n) is 6.34. The van der Waals surface area contributed by atoms with Crippen LogP contribution in [0.25, 0.3) is 0 Å². The number of fused-ring (bicyclic) bond motifs is 1. The van der Waals surface area contributed by atoms with Gasteiger partial charge in [-0.25, -0.2) is 0 Å². The van der Waals surface area contributed by atoms with E-state index in [0.29, 0.717) is 24.0 Å². The van der Waals surface area contributed by atoms with Crippen LogP contribution in [0, 0.1) is 57.2 Å². The van der Waals surface area contributed by atoms with Crippen molar-refractivity contribution in [1.29, 1.82) is 21.0 Å². The Balaban J connectivity index is 2.60. The quantitative estimate of drug-likeness (QED) is 0.474.